The minimum absolute atomic E-state index is 0.874. The van der Waals surface area contributed by atoms with Crippen LogP contribution < -0.4 is 5.32 Å². The first kappa shape index (κ1) is 10.2. The molecule has 0 bridgehead atoms. The Kier molecular flexibility index (Phi) is 4.45. The first-order valence-electron chi connectivity index (χ1n) is 4.26. The minimum Gasteiger partial charge on any atom is -0.319 e. The minimum atomic E-state index is 0.874. The monoisotopic (exact) mass is 191 g/mol. The molecule has 0 aliphatic rings. The van der Waals surface area contributed by atoms with Gasteiger partial charge in [-0.05, 0) is 19.2 Å². The van der Waals surface area contributed by atoms with Gasteiger partial charge in [-0.15, -0.1) is 12.6 Å². The highest BCUT2D eigenvalue weighted by Gasteiger charge is 1.90. The van der Waals surface area contributed by atoms with Gasteiger partial charge < -0.3 is 5.32 Å². The molecule has 1 aromatic rings. The maximum absolute atomic E-state index is 4.30. The van der Waals surface area contributed by atoms with Crippen LogP contribution in [0.3, 0.4) is 0 Å². The maximum Gasteiger partial charge on any atom is 0.0378 e. The van der Waals surface area contributed by atoms with E-state index in [1.54, 1.807) is 0 Å². The largest absolute Gasteiger partial charge is 0.319 e. The van der Waals surface area contributed by atoms with Gasteiger partial charge in [0, 0.05) is 23.4 Å². The molecule has 0 aliphatic heterocycles. The molecular formula is C11H13NS. The summed E-state index contributed by atoms with van der Waals surface area (Å²) in [5.41, 5.74) is 1.00. The molecule has 68 valence electrons. The van der Waals surface area contributed by atoms with Crippen molar-refractivity contribution in [2.24, 2.45) is 0 Å². The Labute approximate surface area is 85.0 Å². The van der Waals surface area contributed by atoms with Crippen LogP contribution >= 0.6 is 12.6 Å². The van der Waals surface area contributed by atoms with E-state index in [1.807, 2.05) is 31.3 Å². The summed E-state index contributed by atoms with van der Waals surface area (Å²) in [6.45, 7) is 0.932. The van der Waals surface area contributed by atoms with Crippen LogP contribution in [0, 0.1) is 11.8 Å². The molecule has 0 fully saturated rings. The van der Waals surface area contributed by atoms with Crippen molar-refractivity contribution < 1.29 is 0 Å². The van der Waals surface area contributed by atoms with Gasteiger partial charge in [0.05, 0.1) is 0 Å². The van der Waals surface area contributed by atoms with Gasteiger partial charge >= 0.3 is 0 Å². The molecule has 0 heterocycles. The van der Waals surface area contributed by atoms with Crippen molar-refractivity contribution in [2.45, 2.75) is 11.3 Å². The Morgan fingerprint density at radius 3 is 2.85 bits per heavy atom. The van der Waals surface area contributed by atoms with Gasteiger partial charge in [0.25, 0.3) is 0 Å². The van der Waals surface area contributed by atoms with Crippen molar-refractivity contribution in [1.82, 2.24) is 5.32 Å². The molecule has 13 heavy (non-hydrogen) atoms. The van der Waals surface area contributed by atoms with Gasteiger partial charge in [-0.3, -0.25) is 0 Å². The SMILES string of the molecule is CNCCC#Cc1ccccc1S. The van der Waals surface area contributed by atoms with Crippen molar-refractivity contribution in [3.05, 3.63) is 29.8 Å². The number of benzene rings is 1. The van der Waals surface area contributed by atoms with E-state index in [0.29, 0.717) is 0 Å². The van der Waals surface area contributed by atoms with E-state index >= 15 is 0 Å². The summed E-state index contributed by atoms with van der Waals surface area (Å²) >= 11 is 4.30. The quantitative estimate of drug-likeness (QED) is 0.413. The van der Waals surface area contributed by atoms with E-state index in [1.165, 1.54) is 0 Å². The summed E-state index contributed by atoms with van der Waals surface area (Å²) in [6.07, 6.45) is 0.874. The second-order valence-electron chi connectivity index (χ2n) is 2.67. The summed E-state index contributed by atoms with van der Waals surface area (Å²) in [6, 6.07) is 7.86. The first-order chi connectivity index (χ1) is 6.34. The van der Waals surface area contributed by atoms with Crippen LogP contribution in [0.1, 0.15) is 12.0 Å². The van der Waals surface area contributed by atoms with Crippen LogP contribution in [-0.2, 0) is 0 Å². The first-order valence-corrected chi connectivity index (χ1v) is 4.71. The maximum atomic E-state index is 4.30. The van der Waals surface area contributed by atoms with Crippen molar-refractivity contribution in [3.63, 3.8) is 0 Å². The number of hydrogen-bond acceptors (Lipinski definition) is 2. The van der Waals surface area contributed by atoms with Crippen molar-refractivity contribution in [3.8, 4) is 11.8 Å². The molecule has 0 radical (unpaired) electrons. The molecule has 0 atom stereocenters. The van der Waals surface area contributed by atoms with Crippen molar-refractivity contribution in [2.75, 3.05) is 13.6 Å². The van der Waals surface area contributed by atoms with Gasteiger partial charge in [-0.1, -0.05) is 24.0 Å². The highest BCUT2D eigenvalue weighted by molar-refractivity contribution is 7.80. The zero-order valence-corrected chi connectivity index (χ0v) is 8.57. The van der Waals surface area contributed by atoms with E-state index < -0.39 is 0 Å². The average molecular weight is 191 g/mol. The molecular weight excluding hydrogens is 178 g/mol. The second kappa shape index (κ2) is 5.69. The lowest BCUT2D eigenvalue weighted by Gasteiger charge is -1.94. The van der Waals surface area contributed by atoms with Crippen LogP contribution in [0.5, 0.6) is 0 Å². The van der Waals surface area contributed by atoms with Crippen LogP contribution in [0.25, 0.3) is 0 Å². The van der Waals surface area contributed by atoms with E-state index in [-0.39, 0.29) is 0 Å². The molecule has 0 amide bonds. The fraction of sp³-hybridized carbons (Fsp3) is 0.273. The number of nitrogens with one attached hydrogen (secondary N) is 1. The third-order valence-electron chi connectivity index (χ3n) is 1.63. The summed E-state index contributed by atoms with van der Waals surface area (Å²) < 4.78 is 0. The van der Waals surface area contributed by atoms with Crippen molar-refractivity contribution >= 4 is 12.6 Å². The van der Waals surface area contributed by atoms with Crippen LogP contribution in [0.15, 0.2) is 29.2 Å². The summed E-state index contributed by atoms with van der Waals surface area (Å²) in [5.74, 6) is 6.16. The average Bonchev–Trinajstić information content (AvgIpc) is 2.15. The molecule has 0 spiro atoms. The summed E-state index contributed by atoms with van der Waals surface area (Å²) in [4.78, 5) is 0.944. The molecule has 1 rings (SSSR count). The zero-order chi connectivity index (χ0) is 9.52. The van der Waals surface area contributed by atoms with Crippen LogP contribution in [-0.4, -0.2) is 13.6 Å². The normalized spacial score (nSPS) is 9.08. The Bertz CT molecular complexity index is 322. The predicted octanol–water partition coefficient (Wildman–Crippen LogP) is 1.94. The molecule has 1 nitrogen and oxygen atoms in total. The van der Waals surface area contributed by atoms with E-state index in [9.17, 15) is 0 Å². The van der Waals surface area contributed by atoms with Crippen molar-refractivity contribution in [1.29, 1.82) is 0 Å². The van der Waals surface area contributed by atoms with Gasteiger partial charge in [-0.25, -0.2) is 0 Å². The highest BCUT2D eigenvalue weighted by atomic mass is 32.1. The van der Waals surface area contributed by atoms with Gasteiger partial charge in [0.1, 0.15) is 0 Å². The highest BCUT2D eigenvalue weighted by Crippen LogP contribution is 2.10. The molecule has 2 heteroatoms. The third kappa shape index (κ3) is 3.54. The van der Waals surface area contributed by atoms with Gasteiger partial charge in [0.15, 0.2) is 0 Å². The Morgan fingerprint density at radius 1 is 1.38 bits per heavy atom. The predicted molar refractivity (Wildman–Crippen MR) is 59.1 cm³/mol. The fourth-order valence-corrected chi connectivity index (χ4v) is 1.14. The molecule has 0 saturated heterocycles. The number of hydrogen-bond donors (Lipinski definition) is 2. The fourth-order valence-electron chi connectivity index (χ4n) is 0.925. The molecule has 0 aromatic heterocycles. The lowest BCUT2D eigenvalue weighted by molar-refractivity contribution is 0.818. The molecule has 1 aromatic carbocycles. The second-order valence-corrected chi connectivity index (χ2v) is 3.15. The van der Waals surface area contributed by atoms with Gasteiger partial charge in [-0.2, -0.15) is 0 Å². The standard InChI is InChI=1S/C11H13NS/c1-12-9-5-4-7-10-6-2-3-8-11(10)13/h2-3,6,8,12-13H,5,9H2,1H3. The Hall–Kier alpha value is -0.910. The zero-order valence-electron chi connectivity index (χ0n) is 7.67. The summed E-state index contributed by atoms with van der Waals surface area (Å²) in [7, 11) is 1.92. The van der Waals surface area contributed by atoms with Gasteiger partial charge in [0.2, 0.25) is 0 Å². The Morgan fingerprint density at radius 2 is 2.15 bits per heavy atom. The van der Waals surface area contributed by atoms with E-state index in [2.05, 4.69) is 29.8 Å². The topological polar surface area (TPSA) is 12.0 Å². The molecule has 0 saturated carbocycles. The molecule has 0 unspecified atom stereocenters. The number of thiol groups is 1. The Balaban J connectivity index is 2.61. The van der Waals surface area contributed by atoms with E-state index in [4.69, 9.17) is 0 Å². The van der Waals surface area contributed by atoms with Crippen LogP contribution in [0.2, 0.25) is 0 Å². The number of rotatable bonds is 2. The lowest BCUT2D eigenvalue weighted by Crippen LogP contribution is -2.05. The third-order valence-corrected chi connectivity index (χ3v) is 2.02. The van der Waals surface area contributed by atoms with E-state index in [0.717, 1.165) is 23.4 Å². The lowest BCUT2D eigenvalue weighted by atomic mass is 10.2. The van der Waals surface area contributed by atoms with Crippen LogP contribution in [0.4, 0.5) is 0 Å². The summed E-state index contributed by atoms with van der Waals surface area (Å²) in [5, 5.41) is 3.05. The smallest absolute Gasteiger partial charge is 0.0378 e. The molecule has 1 N–H and O–H groups in total. The molecule has 0 aliphatic carbocycles.